The summed E-state index contributed by atoms with van der Waals surface area (Å²) in [5.74, 6) is -0.267. The van der Waals surface area contributed by atoms with Gasteiger partial charge >= 0.3 is 0 Å². The van der Waals surface area contributed by atoms with Crippen molar-refractivity contribution in [3.63, 3.8) is 0 Å². The predicted molar refractivity (Wildman–Crippen MR) is 83.6 cm³/mol. The van der Waals surface area contributed by atoms with Crippen LogP contribution in [0.1, 0.15) is 21.6 Å². The Morgan fingerprint density at radius 2 is 2.05 bits per heavy atom. The van der Waals surface area contributed by atoms with E-state index in [-0.39, 0.29) is 12.5 Å². The van der Waals surface area contributed by atoms with Crippen LogP contribution in [0, 0.1) is 6.92 Å². The van der Waals surface area contributed by atoms with Crippen LogP contribution in [0.15, 0.2) is 36.5 Å². The molecule has 0 aliphatic carbocycles. The maximum absolute atomic E-state index is 12.3. The molecule has 1 heterocycles. The van der Waals surface area contributed by atoms with E-state index in [0.29, 0.717) is 11.4 Å². The lowest BCUT2D eigenvalue weighted by Gasteiger charge is -2.13. The fourth-order valence-corrected chi connectivity index (χ4v) is 1.91. The molecule has 5 nitrogen and oxygen atoms in total. The molecule has 0 radical (unpaired) electrons. The van der Waals surface area contributed by atoms with E-state index in [1.807, 2.05) is 44.1 Å². The van der Waals surface area contributed by atoms with Gasteiger partial charge in [0.1, 0.15) is 5.69 Å². The summed E-state index contributed by atoms with van der Waals surface area (Å²) in [6.07, 6.45) is 1.61. The van der Waals surface area contributed by atoms with Gasteiger partial charge in [0, 0.05) is 31.7 Å². The summed E-state index contributed by atoms with van der Waals surface area (Å²) >= 11 is 0. The molecule has 2 aromatic rings. The number of anilines is 2. The van der Waals surface area contributed by atoms with Gasteiger partial charge in [0.25, 0.3) is 5.91 Å². The lowest BCUT2D eigenvalue weighted by Crippen LogP contribution is -2.16. The molecule has 1 amide bonds. The Hall–Kier alpha value is -2.40. The Labute approximate surface area is 124 Å². The zero-order valence-corrected chi connectivity index (χ0v) is 12.4. The summed E-state index contributed by atoms with van der Waals surface area (Å²) in [5, 5.41) is 12.0. The second kappa shape index (κ2) is 6.37. The van der Waals surface area contributed by atoms with E-state index in [0.717, 1.165) is 16.8 Å². The predicted octanol–water partition coefficient (Wildman–Crippen LogP) is 2.20. The number of hydrogen-bond acceptors (Lipinski definition) is 4. The standard InChI is InChI=1S/C16H19N3O2/c1-11-4-5-12(10-20)8-14(11)18-16(21)15-9-13(19(2)3)6-7-17-15/h4-9,20H,10H2,1-3H3,(H,18,21). The van der Waals surface area contributed by atoms with Gasteiger partial charge in [-0.2, -0.15) is 0 Å². The summed E-state index contributed by atoms with van der Waals surface area (Å²) in [4.78, 5) is 18.3. The number of nitrogens with zero attached hydrogens (tertiary/aromatic N) is 2. The maximum Gasteiger partial charge on any atom is 0.274 e. The maximum atomic E-state index is 12.3. The van der Waals surface area contributed by atoms with Gasteiger partial charge in [-0.25, -0.2) is 0 Å². The molecule has 0 aliphatic rings. The number of rotatable bonds is 4. The average Bonchev–Trinajstić information content (AvgIpc) is 2.49. The summed E-state index contributed by atoms with van der Waals surface area (Å²) in [5.41, 5.74) is 3.64. The Kier molecular flexibility index (Phi) is 4.55. The van der Waals surface area contributed by atoms with Crippen molar-refractivity contribution >= 4 is 17.3 Å². The first kappa shape index (κ1) is 15.0. The van der Waals surface area contributed by atoms with Gasteiger partial charge in [-0.15, -0.1) is 0 Å². The SMILES string of the molecule is Cc1ccc(CO)cc1NC(=O)c1cc(N(C)C)ccn1. The minimum absolute atomic E-state index is 0.0580. The van der Waals surface area contributed by atoms with E-state index in [4.69, 9.17) is 0 Å². The van der Waals surface area contributed by atoms with Gasteiger partial charge in [-0.1, -0.05) is 12.1 Å². The van der Waals surface area contributed by atoms with Gasteiger partial charge in [-0.3, -0.25) is 9.78 Å². The third-order valence-corrected chi connectivity index (χ3v) is 3.23. The number of nitrogens with one attached hydrogen (secondary N) is 1. The average molecular weight is 285 g/mol. The second-order valence-corrected chi connectivity index (χ2v) is 5.06. The van der Waals surface area contributed by atoms with Crippen molar-refractivity contribution < 1.29 is 9.90 Å². The minimum atomic E-state index is -0.267. The van der Waals surface area contributed by atoms with Gasteiger partial charge in [0.05, 0.1) is 6.61 Å². The molecular formula is C16H19N3O2. The van der Waals surface area contributed by atoms with Crippen LogP contribution in [0.5, 0.6) is 0 Å². The van der Waals surface area contributed by atoms with Gasteiger partial charge in [0.15, 0.2) is 0 Å². The van der Waals surface area contributed by atoms with Gasteiger partial charge < -0.3 is 15.3 Å². The van der Waals surface area contributed by atoms with Crippen molar-refractivity contribution in [2.24, 2.45) is 0 Å². The lowest BCUT2D eigenvalue weighted by atomic mass is 10.1. The largest absolute Gasteiger partial charge is 0.392 e. The van der Waals surface area contributed by atoms with Crippen LogP contribution in [0.3, 0.4) is 0 Å². The number of aromatic nitrogens is 1. The van der Waals surface area contributed by atoms with E-state index >= 15 is 0 Å². The molecule has 0 fully saturated rings. The monoisotopic (exact) mass is 285 g/mol. The number of carbonyl (C=O) groups is 1. The van der Waals surface area contributed by atoms with E-state index in [1.54, 1.807) is 18.3 Å². The van der Waals surface area contributed by atoms with Crippen LogP contribution in [0.4, 0.5) is 11.4 Å². The third-order valence-electron chi connectivity index (χ3n) is 3.23. The number of aryl methyl sites for hydroxylation is 1. The molecule has 0 bridgehead atoms. The molecule has 0 atom stereocenters. The van der Waals surface area contributed by atoms with Crippen LogP contribution in [-0.2, 0) is 6.61 Å². The molecule has 5 heteroatoms. The third kappa shape index (κ3) is 3.58. The summed E-state index contributed by atoms with van der Waals surface area (Å²) in [7, 11) is 3.82. The zero-order chi connectivity index (χ0) is 15.4. The molecular weight excluding hydrogens is 266 g/mol. The molecule has 2 rings (SSSR count). The van der Waals surface area contributed by atoms with Crippen molar-refractivity contribution in [3.8, 4) is 0 Å². The van der Waals surface area contributed by atoms with Crippen LogP contribution < -0.4 is 10.2 Å². The first-order chi connectivity index (χ1) is 10.0. The smallest absolute Gasteiger partial charge is 0.274 e. The Balaban J connectivity index is 2.23. The first-order valence-corrected chi connectivity index (χ1v) is 6.66. The fraction of sp³-hybridized carbons (Fsp3) is 0.250. The van der Waals surface area contributed by atoms with Crippen LogP contribution in [-0.4, -0.2) is 30.1 Å². The molecule has 0 aliphatic heterocycles. The van der Waals surface area contributed by atoms with Crippen LogP contribution in [0.2, 0.25) is 0 Å². The molecule has 0 unspecified atom stereocenters. The van der Waals surface area contributed by atoms with E-state index < -0.39 is 0 Å². The number of hydrogen-bond donors (Lipinski definition) is 2. The Bertz CT molecular complexity index is 654. The van der Waals surface area contributed by atoms with Gasteiger partial charge in [0.2, 0.25) is 0 Å². The summed E-state index contributed by atoms with van der Waals surface area (Å²) in [6.45, 7) is 1.85. The Morgan fingerprint density at radius 3 is 2.71 bits per heavy atom. The zero-order valence-electron chi connectivity index (χ0n) is 12.4. The van der Waals surface area contributed by atoms with Crippen LogP contribution >= 0.6 is 0 Å². The van der Waals surface area contributed by atoms with Crippen molar-refractivity contribution in [3.05, 3.63) is 53.3 Å². The quantitative estimate of drug-likeness (QED) is 0.904. The molecule has 2 N–H and O–H groups in total. The Morgan fingerprint density at radius 1 is 1.29 bits per heavy atom. The molecule has 1 aromatic heterocycles. The fourth-order valence-electron chi connectivity index (χ4n) is 1.91. The number of benzene rings is 1. The number of carbonyl (C=O) groups excluding carboxylic acids is 1. The van der Waals surface area contributed by atoms with E-state index in [2.05, 4.69) is 10.3 Å². The molecule has 0 spiro atoms. The van der Waals surface area contributed by atoms with Crippen molar-refractivity contribution in [1.29, 1.82) is 0 Å². The van der Waals surface area contributed by atoms with Gasteiger partial charge in [-0.05, 0) is 36.2 Å². The summed E-state index contributed by atoms with van der Waals surface area (Å²) in [6, 6.07) is 9.04. The lowest BCUT2D eigenvalue weighted by molar-refractivity contribution is 0.102. The number of amides is 1. The molecule has 110 valence electrons. The van der Waals surface area contributed by atoms with E-state index in [9.17, 15) is 9.90 Å². The summed E-state index contributed by atoms with van der Waals surface area (Å²) < 4.78 is 0. The van der Waals surface area contributed by atoms with Crippen molar-refractivity contribution in [1.82, 2.24) is 4.98 Å². The minimum Gasteiger partial charge on any atom is -0.392 e. The molecule has 21 heavy (non-hydrogen) atoms. The second-order valence-electron chi connectivity index (χ2n) is 5.06. The highest BCUT2D eigenvalue weighted by molar-refractivity contribution is 6.03. The number of aliphatic hydroxyl groups is 1. The highest BCUT2D eigenvalue weighted by Crippen LogP contribution is 2.18. The number of aliphatic hydroxyl groups excluding tert-OH is 1. The van der Waals surface area contributed by atoms with Crippen LogP contribution in [0.25, 0.3) is 0 Å². The number of pyridine rings is 1. The van der Waals surface area contributed by atoms with Crippen molar-refractivity contribution in [2.75, 3.05) is 24.3 Å². The highest BCUT2D eigenvalue weighted by Gasteiger charge is 2.11. The topological polar surface area (TPSA) is 65.5 Å². The van der Waals surface area contributed by atoms with E-state index in [1.165, 1.54) is 0 Å². The molecule has 0 saturated heterocycles. The van der Waals surface area contributed by atoms with Crippen molar-refractivity contribution in [2.45, 2.75) is 13.5 Å². The molecule has 1 aromatic carbocycles. The normalized spacial score (nSPS) is 10.3. The molecule has 0 saturated carbocycles. The highest BCUT2D eigenvalue weighted by atomic mass is 16.3. The first-order valence-electron chi connectivity index (χ1n) is 6.66.